The van der Waals surface area contributed by atoms with Crippen LogP contribution >= 0.6 is 11.3 Å². The quantitative estimate of drug-likeness (QED) is 0.277. The fraction of sp³-hybridized carbons (Fsp3) is 0.217. The molecule has 0 spiro atoms. The maximum Gasteiger partial charge on any atom is 0.232 e. The smallest absolute Gasteiger partial charge is 0.232 e. The van der Waals surface area contributed by atoms with Crippen LogP contribution in [-0.4, -0.2) is 48.8 Å². The van der Waals surface area contributed by atoms with E-state index < -0.39 is 11.2 Å². The molecule has 0 aliphatic rings. The number of ether oxygens (including phenoxy) is 1. The van der Waals surface area contributed by atoms with Crippen LogP contribution in [0.3, 0.4) is 0 Å². The standard InChI is InChI=1S/C23H22N6O2S2/c1-29-21-16(13-27-29)9-15(12-26-21)18-10-17(14-5-3-6-25-11-14)19-20(24)23(32-22(19)28-18)33(30)8-4-7-31-2/h3,5-6,9-13H,4,7-8,24H2,1-2H3. The van der Waals surface area contributed by atoms with E-state index in [0.29, 0.717) is 28.7 Å². The summed E-state index contributed by atoms with van der Waals surface area (Å²) >= 11 is 0.155. The zero-order valence-corrected chi connectivity index (χ0v) is 19.8. The summed E-state index contributed by atoms with van der Waals surface area (Å²) < 4.78 is 20.5. The Bertz CT molecular complexity index is 1430. The fourth-order valence-corrected chi connectivity index (χ4v) is 6.40. The van der Waals surface area contributed by atoms with Gasteiger partial charge >= 0.3 is 0 Å². The van der Waals surface area contributed by atoms with E-state index in [2.05, 4.69) is 15.1 Å². The van der Waals surface area contributed by atoms with Gasteiger partial charge in [-0.3, -0.25) is 9.67 Å². The molecule has 5 aromatic heterocycles. The molecule has 0 fully saturated rings. The van der Waals surface area contributed by atoms with Crippen LogP contribution in [0.4, 0.5) is 5.69 Å². The molecule has 0 saturated heterocycles. The predicted molar refractivity (Wildman–Crippen MR) is 133 cm³/mol. The first kappa shape index (κ1) is 21.8. The third-order valence-corrected chi connectivity index (χ3v) is 8.38. The molecule has 8 nitrogen and oxygen atoms in total. The molecule has 0 aliphatic carbocycles. The van der Waals surface area contributed by atoms with Gasteiger partial charge in [-0.2, -0.15) is 5.10 Å². The summed E-state index contributed by atoms with van der Waals surface area (Å²) in [6, 6.07) is 7.90. The summed E-state index contributed by atoms with van der Waals surface area (Å²) in [6.45, 7) is 0.559. The Kier molecular flexibility index (Phi) is 5.98. The first-order chi connectivity index (χ1) is 16.1. The Morgan fingerprint density at radius 1 is 1.21 bits per heavy atom. The molecule has 5 aromatic rings. The second-order valence-corrected chi connectivity index (χ2v) is 10.3. The van der Waals surface area contributed by atoms with E-state index in [1.165, 1.54) is 11.3 Å². The summed E-state index contributed by atoms with van der Waals surface area (Å²) in [4.78, 5) is 14.5. The largest absolute Gasteiger partial charge is 0.611 e. The number of pyridine rings is 3. The second-order valence-electron chi connectivity index (χ2n) is 7.58. The molecule has 10 heteroatoms. The number of aromatic nitrogens is 5. The number of hydrogen-bond donors (Lipinski definition) is 1. The van der Waals surface area contributed by atoms with E-state index in [4.69, 9.17) is 15.5 Å². The first-order valence-electron chi connectivity index (χ1n) is 10.4. The summed E-state index contributed by atoms with van der Waals surface area (Å²) in [5.41, 5.74) is 11.3. The molecule has 5 rings (SSSR count). The molecule has 0 amide bonds. The molecule has 0 aromatic carbocycles. The van der Waals surface area contributed by atoms with E-state index in [9.17, 15) is 4.55 Å². The lowest BCUT2D eigenvalue weighted by Crippen LogP contribution is -2.09. The number of nitrogen functional groups attached to an aromatic ring is 1. The molecule has 168 valence electrons. The lowest BCUT2D eigenvalue weighted by molar-refractivity contribution is 0.199. The third-order valence-electron chi connectivity index (χ3n) is 5.39. The topological polar surface area (TPSA) is 115 Å². The van der Waals surface area contributed by atoms with Crippen LogP contribution in [0, 0.1) is 0 Å². The van der Waals surface area contributed by atoms with Gasteiger partial charge in [0.15, 0.2) is 5.65 Å². The summed E-state index contributed by atoms with van der Waals surface area (Å²) in [5, 5.41) is 6.02. The van der Waals surface area contributed by atoms with E-state index in [-0.39, 0.29) is 0 Å². The Morgan fingerprint density at radius 2 is 2.09 bits per heavy atom. The van der Waals surface area contributed by atoms with Crippen LogP contribution in [0.5, 0.6) is 0 Å². The van der Waals surface area contributed by atoms with Gasteiger partial charge < -0.3 is 15.0 Å². The van der Waals surface area contributed by atoms with Crippen molar-refractivity contribution in [1.29, 1.82) is 0 Å². The Morgan fingerprint density at radius 3 is 2.88 bits per heavy atom. The summed E-state index contributed by atoms with van der Waals surface area (Å²) in [6.07, 6.45) is 7.81. The lowest BCUT2D eigenvalue weighted by Gasteiger charge is -2.09. The van der Waals surface area contributed by atoms with Crippen molar-refractivity contribution in [2.75, 3.05) is 25.2 Å². The molecule has 2 N–H and O–H groups in total. The van der Waals surface area contributed by atoms with Gasteiger partial charge in [0.2, 0.25) is 4.21 Å². The van der Waals surface area contributed by atoms with Crippen molar-refractivity contribution in [3.05, 3.63) is 49.1 Å². The number of methoxy groups -OCH3 is 1. The first-order valence-corrected chi connectivity index (χ1v) is 12.5. The van der Waals surface area contributed by atoms with E-state index in [0.717, 1.165) is 43.6 Å². The number of rotatable bonds is 7. The molecule has 0 aliphatic heterocycles. The Hall–Kier alpha value is -3.05. The van der Waals surface area contributed by atoms with Gasteiger partial charge in [0.25, 0.3) is 0 Å². The minimum Gasteiger partial charge on any atom is -0.611 e. The zero-order valence-electron chi connectivity index (χ0n) is 18.2. The average molecular weight is 479 g/mol. The Balaban J connectivity index is 1.68. The number of aryl methyl sites for hydroxylation is 1. The molecule has 1 atom stereocenters. The molecule has 1 unspecified atom stereocenters. The van der Waals surface area contributed by atoms with Crippen molar-refractivity contribution in [2.45, 2.75) is 10.6 Å². The van der Waals surface area contributed by atoms with Crippen LogP contribution in [0.1, 0.15) is 6.42 Å². The maximum atomic E-state index is 13.0. The molecular weight excluding hydrogens is 456 g/mol. The van der Waals surface area contributed by atoms with Crippen molar-refractivity contribution >= 4 is 49.5 Å². The highest BCUT2D eigenvalue weighted by Crippen LogP contribution is 2.43. The highest BCUT2D eigenvalue weighted by molar-refractivity contribution is 7.93. The van der Waals surface area contributed by atoms with Crippen molar-refractivity contribution in [3.63, 3.8) is 0 Å². The van der Waals surface area contributed by atoms with Crippen molar-refractivity contribution < 1.29 is 9.29 Å². The van der Waals surface area contributed by atoms with Gasteiger partial charge in [0.05, 0.1) is 18.5 Å². The molecular formula is C23H22N6O2S2. The molecule has 33 heavy (non-hydrogen) atoms. The minimum absolute atomic E-state index is 0.488. The predicted octanol–water partition coefficient (Wildman–Crippen LogP) is 4.03. The van der Waals surface area contributed by atoms with E-state index in [1.807, 2.05) is 31.3 Å². The molecule has 0 saturated carbocycles. The Labute approximate surface area is 197 Å². The van der Waals surface area contributed by atoms with E-state index >= 15 is 0 Å². The third kappa shape index (κ3) is 4.06. The normalized spacial score (nSPS) is 12.6. The highest BCUT2D eigenvalue weighted by Gasteiger charge is 2.25. The number of thiophene rings is 1. The van der Waals surface area contributed by atoms with Gasteiger partial charge in [-0.05, 0) is 34.9 Å². The summed E-state index contributed by atoms with van der Waals surface area (Å²) in [7, 11) is 3.50. The van der Waals surface area contributed by atoms with Crippen molar-refractivity contribution in [3.8, 4) is 22.4 Å². The van der Waals surface area contributed by atoms with Crippen LogP contribution in [0.15, 0.2) is 53.3 Å². The number of nitrogens with two attached hydrogens (primary N) is 1. The van der Waals surface area contributed by atoms with Crippen LogP contribution in [0.25, 0.3) is 43.6 Å². The minimum atomic E-state index is -1.23. The molecule has 5 heterocycles. The van der Waals surface area contributed by atoms with Gasteiger partial charge in [0.1, 0.15) is 16.3 Å². The van der Waals surface area contributed by atoms with Crippen molar-refractivity contribution in [2.24, 2.45) is 7.05 Å². The van der Waals surface area contributed by atoms with Gasteiger partial charge in [-0.1, -0.05) is 17.4 Å². The van der Waals surface area contributed by atoms with Gasteiger partial charge in [-0.15, -0.1) is 0 Å². The zero-order chi connectivity index (χ0) is 22.9. The molecule has 0 radical (unpaired) electrons. The van der Waals surface area contributed by atoms with Crippen LogP contribution in [-0.2, 0) is 23.0 Å². The average Bonchev–Trinajstić information content (AvgIpc) is 3.38. The summed E-state index contributed by atoms with van der Waals surface area (Å²) in [5.74, 6) is 0.488. The van der Waals surface area contributed by atoms with Crippen LogP contribution < -0.4 is 5.73 Å². The SMILES string of the molecule is COCCC[S+]([O-])c1sc2nc(-c3cnc4c(cnn4C)c3)cc(-c3cccnc3)c2c1N. The fourth-order valence-electron chi connectivity index (χ4n) is 3.78. The second kappa shape index (κ2) is 9.06. The highest BCUT2D eigenvalue weighted by atomic mass is 32.2. The van der Waals surface area contributed by atoms with Crippen LogP contribution in [0.2, 0.25) is 0 Å². The lowest BCUT2D eigenvalue weighted by atomic mass is 10.0. The molecule has 0 bridgehead atoms. The van der Waals surface area contributed by atoms with Gasteiger partial charge in [-0.25, -0.2) is 9.97 Å². The number of anilines is 1. The van der Waals surface area contributed by atoms with E-state index in [1.54, 1.807) is 36.6 Å². The van der Waals surface area contributed by atoms with Crippen molar-refractivity contribution in [1.82, 2.24) is 24.7 Å². The number of hydrogen-bond acceptors (Lipinski definition) is 8. The van der Waals surface area contributed by atoms with Gasteiger partial charge in [0, 0.05) is 61.1 Å². The maximum absolute atomic E-state index is 13.0. The number of fused-ring (bicyclic) bond motifs is 2. The number of nitrogens with zero attached hydrogens (tertiary/aromatic N) is 5. The monoisotopic (exact) mass is 478 g/mol.